The van der Waals surface area contributed by atoms with Gasteiger partial charge in [-0.1, -0.05) is 15.9 Å². The quantitative estimate of drug-likeness (QED) is 0.865. The highest BCUT2D eigenvalue weighted by molar-refractivity contribution is 9.10. The van der Waals surface area contributed by atoms with Gasteiger partial charge in [-0.15, -0.1) is 0 Å². The van der Waals surface area contributed by atoms with Crippen LogP contribution in [0.3, 0.4) is 0 Å². The molecule has 1 aromatic carbocycles. The number of carbonyl (C=O) groups excluding carboxylic acids is 1. The van der Waals surface area contributed by atoms with Crippen molar-refractivity contribution in [3.05, 3.63) is 34.1 Å². The summed E-state index contributed by atoms with van der Waals surface area (Å²) in [6, 6.07) is 1.71. The first-order valence-electron chi connectivity index (χ1n) is 5.08. The Labute approximate surface area is 114 Å². The van der Waals surface area contributed by atoms with E-state index >= 15 is 0 Å². The van der Waals surface area contributed by atoms with Gasteiger partial charge in [0, 0.05) is 10.9 Å². The van der Waals surface area contributed by atoms with E-state index in [0.717, 1.165) is 12.1 Å². The second-order valence-electron chi connectivity index (χ2n) is 3.62. The van der Waals surface area contributed by atoms with Gasteiger partial charge in [0.2, 0.25) is 6.43 Å². The molecule has 0 saturated carbocycles. The van der Waals surface area contributed by atoms with Gasteiger partial charge in [0.15, 0.2) is 0 Å². The molecule has 4 nitrogen and oxygen atoms in total. The van der Waals surface area contributed by atoms with Crippen LogP contribution in [0.2, 0.25) is 0 Å². The van der Waals surface area contributed by atoms with Crippen LogP contribution in [-0.4, -0.2) is 29.5 Å². The van der Waals surface area contributed by atoms with Gasteiger partial charge in [0.25, 0.3) is 5.91 Å². The zero-order chi connectivity index (χ0) is 14.6. The molecule has 0 fully saturated rings. The van der Waals surface area contributed by atoms with Crippen molar-refractivity contribution in [3.8, 4) is 0 Å². The van der Waals surface area contributed by atoms with Crippen molar-refractivity contribution in [2.45, 2.75) is 18.9 Å². The van der Waals surface area contributed by atoms with Gasteiger partial charge in [-0.05, 0) is 18.2 Å². The average Bonchev–Trinajstić information content (AvgIpc) is 2.30. The van der Waals surface area contributed by atoms with Gasteiger partial charge < -0.3 is 10.4 Å². The molecule has 0 aliphatic heterocycles. The maximum absolute atomic E-state index is 13.4. The highest BCUT2D eigenvalue weighted by Crippen LogP contribution is 2.16. The number of halogens is 4. The molecule has 2 N–H and O–H groups in total. The van der Waals surface area contributed by atoms with Crippen LogP contribution in [-0.2, 0) is 4.79 Å². The van der Waals surface area contributed by atoms with Gasteiger partial charge in [-0.2, -0.15) is 0 Å². The van der Waals surface area contributed by atoms with Gasteiger partial charge in [-0.25, -0.2) is 18.0 Å². The van der Waals surface area contributed by atoms with Crippen LogP contribution in [0.25, 0.3) is 0 Å². The average molecular weight is 340 g/mol. The third kappa shape index (κ3) is 4.55. The van der Waals surface area contributed by atoms with Crippen LogP contribution in [0.5, 0.6) is 0 Å². The number of hydrogen-bond acceptors (Lipinski definition) is 2. The first-order chi connectivity index (χ1) is 8.81. The first kappa shape index (κ1) is 15.5. The molecule has 0 saturated heterocycles. The Morgan fingerprint density at radius 3 is 2.53 bits per heavy atom. The van der Waals surface area contributed by atoms with E-state index < -0.39 is 42.1 Å². The monoisotopic (exact) mass is 339 g/mol. The van der Waals surface area contributed by atoms with E-state index in [1.54, 1.807) is 0 Å². The number of carboxylic acids is 1. The predicted octanol–water partition coefficient (Wildman–Crippen LogP) is 2.43. The minimum atomic E-state index is -2.89. The lowest BCUT2D eigenvalue weighted by atomic mass is 10.1. The molecule has 1 amide bonds. The summed E-state index contributed by atoms with van der Waals surface area (Å²) in [6.45, 7) is 0. The fraction of sp³-hybridized carbons (Fsp3) is 0.273. The lowest BCUT2D eigenvalue weighted by Gasteiger charge is -2.14. The number of nitrogens with one attached hydrogen (secondary N) is 1. The second kappa shape index (κ2) is 6.55. The number of alkyl halides is 2. The van der Waals surface area contributed by atoms with Crippen LogP contribution in [0.1, 0.15) is 16.8 Å². The zero-order valence-corrected chi connectivity index (χ0v) is 11.0. The summed E-state index contributed by atoms with van der Waals surface area (Å²) in [6.07, 6.45) is -3.94. The fourth-order valence-electron chi connectivity index (χ4n) is 1.31. The van der Waals surface area contributed by atoms with E-state index in [2.05, 4.69) is 15.9 Å². The van der Waals surface area contributed by atoms with Gasteiger partial charge >= 0.3 is 5.97 Å². The molecule has 1 aromatic rings. The Morgan fingerprint density at radius 1 is 1.37 bits per heavy atom. The summed E-state index contributed by atoms with van der Waals surface area (Å²) in [7, 11) is 0. The first-order valence-corrected chi connectivity index (χ1v) is 5.87. The Kier molecular flexibility index (Phi) is 5.34. The standard InChI is InChI=1S/C11H9BrF3NO3/c12-5-1-2-7(13)6(3-5)10(17)16-8(11(18)19)4-9(14)15/h1-3,8-9H,4H2,(H,16,17)(H,18,19). The number of hydrogen-bond donors (Lipinski definition) is 2. The molecule has 0 radical (unpaired) electrons. The molecule has 0 aliphatic carbocycles. The Balaban J connectivity index is 2.87. The van der Waals surface area contributed by atoms with E-state index in [1.807, 2.05) is 5.32 Å². The molecule has 0 bridgehead atoms. The Morgan fingerprint density at radius 2 is 2.00 bits per heavy atom. The lowest BCUT2D eigenvalue weighted by molar-refractivity contribution is -0.140. The molecular weight excluding hydrogens is 331 g/mol. The molecule has 0 aromatic heterocycles. The van der Waals surface area contributed by atoms with Crippen molar-refractivity contribution in [3.63, 3.8) is 0 Å². The summed E-state index contributed by atoms with van der Waals surface area (Å²) in [4.78, 5) is 22.3. The van der Waals surface area contributed by atoms with E-state index in [1.165, 1.54) is 6.07 Å². The number of aliphatic carboxylic acids is 1. The smallest absolute Gasteiger partial charge is 0.326 e. The number of rotatable bonds is 5. The van der Waals surface area contributed by atoms with Crippen molar-refractivity contribution in [2.75, 3.05) is 0 Å². The van der Waals surface area contributed by atoms with Crippen LogP contribution < -0.4 is 5.32 Å². The van der Waals surface area contributed by atoms with Crippen LogP contribution in [0.4, 0.5) is 13.2 Å². The van der Waals surface area contributed by atoms with E-state index in [-0.39, 0.29) is 0 Å². The molecule has 19 heavy (non-hydrogen) atoms. The second-order valence-corrected chi connectivity index (χ2v) is 4.53. The van der Waals surface area contributed by atoms with Crippen LogP contribution in [0, 0.1) is 5.82 Å². The molecule has 1 unspecified atom stereocenters. The van der Waals surface area contributed by atoms with E-state index in [0.29, 0.717) is 4.47 Å². The van der Waals surface area contributed by atoms with Crippen molar-refractivity contribution >= 4 is 27.8 Å². The van der Waals surface area contributed by atoms with Crippen LogP contribution >= 0.6 is 15.9 Å². The molecular formula is C11H9BrF3NO3. The largest absolute Gasteiger partial charge is 0.480 e. The number of benzene rings is 1. The summed E-state index contributed by atoms with van der Waals surface area (Å²) in [5.41, 5.74) is -0.421. The van der Waals surface area contributed by atoms with Crippen molar-refractivity contribution < 1.29 is 27.9 Å². The molecule has 1 atom stereocenters. The number of amides is 1. The SMILES string of the molecule is O=C(NC(CC(F)F)C(=O)O)c1cc(Br)ccc1F. The van der Waals surface area contributed by atoms with Crippen molar-refractivity contribution in [2.24, 2.45) is 0 Å². The number of carboxylic acid groups (broad SMARTS) is 1. The molecule has 0 spiro atoms. The molecule has 8 heteroatoms. The predicted molar refractivity (Wildman–Crippen MR) is 63.6 cm³/mol. The molecule has 1 rings (SSSR count). The maximum Gasteiger partial charge on any atom is 0.326 e. The summed E-state index contributed by atoms with van der Waals surface area (Å²) in [5.74, 6) is -3.54. The third-order valence-electron chi connectivity index (χ3n) is 2.19. The maximum atomic E-state index is 13.4. The number of carbonyl (C=O) groups is 2. The highest BCUT2D eigenvalue weighted by atomic mass is 79.9. The third-order valence-corrected chi connectivity index (χ3v) is 2.68. The summed E-state index contributed by atoms with van der Waals surface area (Å²) >= 11 is 3.02. The van der Waals surface area contributed by atoms with Crippen LogP contribution in [0.15, 0.2) is 22.7 Å². The topological polar surface area (TPSA) is 66.4 Å². The lowest BCUT2D eigenvalue weighted by Crippen LogP contribution is -2.42. The molecule has 104 valence electrons. The summed E-state index contributed by atoms with van der Waals surface area (Å²) < 4.78 is 38.0. The Hall–Kier alpha value is -1.57. The summed E-state index contributed by atoms with van der Waals surface area (Å²) in [5, 5.41) is 10.5. The van der Waals surface area contributed by atoms with Gasteiger partial charge in [0.1, 0.15) is 11.9 Å². The van der Waals surface area contributed by atoms with Crippen molar-refractivity contribution in [1.29, 1.82) is 0 Å². The van der Waals surface area contributed by atoms with Gasteiger partial charge in [-0.3, -0.25) is 4.79 Å². The normalized spacial score (nSPS) is 12.3. The van der Waals surface area contributed by atoms with E-state index in [9.17, 15) is 22.8 Å². The minimum absolute atomic E-state index is 0.403. The molecule has 0 heterocycles. The minimum Gasteiger partial charge on any atom is -0.480 e. The van der Waals surface area contributed by atoms with Gasteiger partial charge in [0.05, 0.1) is 5.56 Å². The van der Waals surface area contributed by atoms with Crippen molar-refractivity contribution in [1.82, 2.24) is 5.32 Å². The van der Waals surface area contributed by atoms with E-state index in [4.69, 9.17) is 5.11 Å². The Bertz CT molecular complexity index is 496. The zero-order valence-electron chi connectivity index (χ0n) is 9.37. The fourth-order valence-corrected chi connectivity index (χ4v) is 1.67. The molecule has 0 aliphatic rings. The highest BCUT2D eigenvalue weighted by Gasteiger charge is 2.25.